The van der Waals surface area contributed by atoms with E-state index in [0.29, 0.717) is 11.5 Å². The standard InChI is InChI=1S/C9H16N2O/c1-9(2)6-7(9)11-5-3-4-10-8(11)12/h7H,3-6H2,1-2H3,(H,10,12). The fourth-order valence-electron chi connectivity index (χ4n) is 1.92. The molecule has 1 unspecified atom stereocenters. The first-order valence-corrected chi connectivity index (χ1v) is 4.66. The second kappa shape index (κ2) is 2.38. The molecule has 1 saturated carbocycles. The van der Waals surface area contributed by atoms with Crippen LogP contribution in [0.5, 0.6) is 0 Å². The van der Waals surface area contributed by atoms with Gasteiger partial charge in [0.1, 0.15) is 0 Å². The average molecular weight is 168 g/mol. The summed E-state index contributed by atoms with van der Waals surface area (Å²) < 4.78 is 0. The Morgan fingerprint density at radius 3 is 2.75 bits per heavy atom. The largest absolute Gasteiger partial charge is 0.338 e. The lowest BCUT2D eigenvalue weighted by molar-refractivity contribution is 0.175. The van der Waals surface area contributed by atoms with Crippen LogP contribution in [0.3, 0.4) is 0 Å². The Balaban J connectivity index is 1.99. The molecule has 68 valence electrons. The number of amides is 2. The van der Waals surface area contributed by atoms with Crippen LogP contribution in [-0.4, -0.2) is 30.1 Å². The fraction of sp³-hybridized carbons (Fsp3) is 0.889. The Labute approximate surface area is 73.1 Å². The van der Waals surface area contributed by atoms with Gasteiger partial charge in [0.05, 0.1) is 0 Å². The lowest BCUT2D eigenvalue weighted by Gasteiger charge is -2.28. The maximum Gasteiger partial charge on any atom is 0.317 e. The van der Waals surface area contributed by atoms with Crippen LogP contribution in [0.1, 0.15) is 26.7 Å². The van der Waals surface area contributed by atoms with Crippen molar-refractivity contribution in [1.82, 2.24) is 10.2 Å². The zero-order valence-electron chi connectivity index (χ0n) is 7.76. The number of carbonyl (C=O) groups excluding carboxylic acids is 1. The Kier molecular flexibility index (Phi) is 1.56. The van der Waals surface area contributed by atoms with Crippen LogP contribution in [-0.2, 0) is 0 Å². The van der Waals surface area contributed by atoms with Crippen LogP contribution in [0.15, 0.2) is 0 Å². The molecule has 0 aromatic rings. The summed E-state index contributed by atoms with van der Waals surface area (Å²) in [4.78, 5) is 13.4. The number of carbonyl (C=O) groups is 1. The number of nitrogens with zero attached hydrogens (tertiary/aromatic N) is 1. The van der Waals surface area contributed by atoms with Gasteiger partial charge in [-0.15, -0.1) is 0 Å². The van der Waals surface area contributed by atoms with Crippen LogP contribution in [0.2, 0.25) is 0 Å². The van der Waals surface area contributed by atoms with Gasteiger partial charge < -0.3 is 10.2 Å². The number of urea groups is 1. The maximum absolute atomic E-state index is 11.4. The van der Waals surface area contributed by atoms with Crippen molar-refractivity contribution >= 4 is 6.03 Å². The number of nitrogens with one attached hydrogen (secondary N) is 1. The van der Waals surface area contributed by atoms with E-state index < -0.39 is 0 Å². The lowest BCUT2D eigenvalue weighted by Crippen LogP contribution is -2.48. The lowest BCUT2D eigenvalue weighted by atomic mass is 10.1. The van der Waals surface area contributed by atoms with E-state index >= 15 is 0 Å². The van der Waals surface area contributed by atoms with Gasteiger partial charge in [0.25, 0.3) is 0 Å². The molecule has 2 amide bonds. The first-order chi connectivity index (χ1) is 5.61. The molecule has 0 radical (unpaired) electrons. The molecule has 12 heavy (non-hydrogen) atoms. The van der Waals surface area contributed by atoms with Gasteiger partial charge in [0.2, 0.25) is 0 Å². The first kappa shape index (κ1) is 7.90. The van der Waals surface area contributed by atoms with Crippen molar-refractivity contribution in [3.05, 3.63) is 0 Å². The maximum atomic E-state index is 11.4. The van der Waals surface area contributed by atoms with Crippen molar-refractivity contribution in [2.75, 3.05) is 13.1 Å². The van der Waals surface area contributed by atoms with Gasteiger partial charge in [0.15, 0.2) is 0 Å². The van der Waals surface area contributed by atoms with Crippen LogP contribution >= 0.6 is 0 Å². The van der Waals surface area contributed by atoms with Gasteiger partial charge in [-0.3, -0.25) is 0 Å². The molecule has 1 saturated heterocycles. The fourth-order valence-corrected chi connectivity index (χ4v) is 1.92. The third kappa shape index (κ3) is 1.17. The smallest absolute Gasteiger partial charge is 0.317 e. The molecule has 0 spiro atoms. The molecule has 1 N–H and O–H groups in total. The Morgan fingerprint density at radius 1 is 1.58 bits per heavy atom. The van der Waals surface area contributed by atoms with Gasteiger partial charge in [-0.25, -0.2) is 4.79 Å². The van der Waals surface area contributed by atoms with E-state index in [4.69, 9.17) is 0 Å². The highest BCUT2D eigenvalue weighted by Crippen LogP contribution is 2.48. The highest BCUT2D eigenvalue weighted by Gasteiger charge is 2.51. The Morgan fingerprint density at radius 2 is 2.25 bits per heavy atom. The van der Waals surface area contributed by atoms with Crippen LogP contribution < -0.4 is 5.32 Å². The normalized spacial score (nSPS) is 33.0. The molecule has 1 aliphatic carbocycles. The summed E-state index contributed by atoms with van der Waals surface area (Å²) >= 11 is 0. The molecule has 3 heteroatoms. The molecule has 1 heterocycles. The molecule has 2 aliphatic rings. The molecule has 1 atom stereocenters. The Bertz CT molecular complexity index is 213. The van der Waals surface area contributed by atoms with Crippen LogP contribution in [0, 0.1) is 5.41 Å². The molecule has 3 nitrogen and oxygen atoms in total. The zero-order valence-corrected chi connectivity index (χ0v) is 7.76. The minimum absolute atomic E-state index is 0.136. The third-order valence-corrected chi connectivity index (χ3v) is 2.95. The summed E-state index contributed by atoms with van der Waals surface area (Å²) in [6.07, 6.45) is 2.26. The molecule has 2 rings (SSSR count). The number of hydrogen-bond acceptors (Lipinski definition) is 1. The minimum atomic E-state index is 0.136. The van der Waals surface area contributed by atoms with E-state index in [1.807, 2.05) is 4.90 Å². The SMILES string of the molecule is CC1(C)CC1N1CCCNC1=O. The predicted molar refractivity (Wildman–Crippen MR) is 46.9 cm³/mol. The second-order valence-electron chi connectivity index (χ2n) is 4.49. The molecule has 2 fully saturated rings. The summed E-state index contributed by atoms with van der Waals surface area (Å²) in [5.74, 6) is 0. The van der Waals surface area contributed by atoms with Crippen molar-refractivity contribution in [2.24, 2.45) is 5.41 Å². The monoisotopic (exact) mass is 168 g/mol. The van der Waals surface area contributed by atoms with Gasteiger partial charge in [-0.05, 0) is 18.3 Å². The quantitative estimate of drug-likeness (QED) is 0.627. The van der Waals surface area contributed by atoms with E-state index in [2.05, 4.69) is 19.2 Å². The van der Waals surface area contributed by atoms with E-state index in [0.717, 1.165) is 19.5 Å². The van der Waals surface area contributed by atoms with Crippen molar-refractivity contribution in [3.63, 3.8) is 0 Å². The zero-order chi connectivity index (χ0) is 8.77. The highest BCUT2D eigenvalue weighted by molar-refractivity contribution is 5.75. The Hall–Kier alpha value is -0.730. The summed E-state index contributed by atoms with van der Waals surface area (Å²) in [5, 5.41) is 2.88. The summed E-state index contributed by atoms with van der Waals surface area (Å²) in [6.45, 7) is 6.24. The second-order valence-corrected chi connectivity index (χ2v) is 4.49. The van der Waals surface area contributed by atoms with Crippen molar-refractivity contribution in [3.8, 4) is 0 Å². The molecule has 1 aliphatic heterocycles. The number of hydrogen-bond donors (Lipinski definition) is 1. The minimum Gasteiger partial charge on any atom is -0.338 e. The topological polar surface area (TPSA) is 32.3 Å². The van der Waals surface area contributed by atoms with Crippen LogP contribution in [0.25, 0.3) is 0 Å². The molecule has 0 aromatic carbocycles. The van der Waals surface area contributed by atoms with Gasteiger partial charge in [-0.2, -0.15) is 0 Å². The molecular formula is C9H16N2O. The van der Waals surface area contributed by atoms with Gasteiger partial charge in [0, 0.05) is 19.1 Å². The van der Waals surface area contributed by atoms with Crippen molar-refractivity contribution < 1.29 is 4.79 Å². The summed E-state index contributed by atoms with van der Waals surface area (Å²) in [6, 6.07) is 0.634. The first-order valence-electron chi connectivity index (χ1n) is 4.66. The highest BCUT2D eigenvalue weighted by atomic mass is 16.2. The van der Waals surface area contributed by atoms with E-state index in [9.17, 15) is 4.79 Å². The summed E-state index contributed by atoms with van der Waals surface area (Å²) in [7, 11) is 0. The summed E-state index contributed by atoms with van der Waals surface area (Å²) in [5.41, 5.74) is 0.370. The van der Waals surface area contributed by atoms with Gasteiger partial charge >= 0.3 is 6.03 Å². The van der Waals surface area contributed by atoms with E-state index in [1.54, 1.807) is 0 Å². The van der Waals surface area contributed by atoms with Crippen molar-refractivity contribution in [1.29, 1.82) is 0 Å². The van der Waals surface area contributed by atoms with Crippen LogP contribution in [0.4, 0.5) is 4.79 Å². The number of rotatable bonds is 1. The van der Waals surface area contributed by atoms with Crippen molar-refractivity contribution in [2.45, 2.75) is 32.7 Å². The van der Waals surface area contributed by atoms with Gasteiger partial charge in [-0.1, -0.05) is 13.8 Å². The van der Waals surface area contributed by atoms with E-state index in [-0.39, 0.29) is 6.03 Å². The third-order valence-electron chi connectivity index (χ3n) is 2.95. The average Bonchev–Trinajstić information content (AvgIpc) is 2.61. The molecule has 0 bridgehead atoms. The van der Waals surface area contributed by atoms with E-state index in [1.165, 1.54) is 6.42 Å². The molecular weight excluding hydrogens is 152 g/mol. The molecule has 0 aromatic heterocycles. The predicted octanol–water partition coefficient (Wildman–Crippen LogP) is 1.20.